The van der Waals surface area contributed by atoms with Gasteiger partial charge in [-0.3, -0.25) is 4.79 Å². The lowest BCUT2D eigenvalue weighted by Crippen LogP contribution is -2.34. The van der Waals surface area contributed by atoms with E-state index in [2.05, 4.69) is 30.3 Å². The molecule has 1 aliphatic heterocycles. The zero-order valence-corrected chi connectivity index (χ0v) is 11.3. The van der Waals surface area contributed by atoms with Gasteiger partial charge in [-0.15, -0.1) is 0 Å². The summed E-state index contributed by atoms with van der Waals surface area (Å²) in [6.45, 7) is 1.48. The highest BCUT2D eigenvalue weighted by molar-refractivity contribution is 5.94. The fourth-order valence-corrected chi connectivity index (χ4v) is 2.53. The summed E-state index contributed by atoms with van der Waals surface area (Å²) in [4.78, 5) is 14.2. The monoisotopic (exact) mass is 263 g/mol. The molecule has 3 rings (SSSR count). The van der Waals surface area contributed by atoms with Crippen LogP contribution in [0, 0.1) is 0 Å². The van der Waals surface area contributed by atoms with Crippen molar-refractivity contribution in [2.75, 3.05) is 13.1 Å². The molecule has 1 amide bonds. The SMILES string of the molecule is O=C(c1ccccc1)N1CC=C(c2ccccc2)CC1. The van der Waals surface area contributed by atoms with Gasteiger partial charge in [0.25, 0.3) is 5.91 Å². The third-order valence-electron chi connectivity index (χ3n) is 3.66. The Morgan fingerprint density at radius 3 is 2.15 bits per heavy atom. The molecule has 2 heteroatoms. The molecular weight excluding hydrogens is 246 g/mol. The maximum atomic E-state index is 12.3. The van der Waals surface area contributed by atoms with Gasteiger partial charge < -0.3 is 4.90 Å². The lowest BCUT2D eigenvalue weighted by Gasteiger charge is -2.26. The molecule has 0 aliphatic carbocycles. The van der Waals surface area contributed by atoms with Gasteiger partial charge in [0.1, 0.15) is 0 Å². The fraction of sp³-hybridized carbons (Fsp3) is 0.167. The Kier molecular flexibility index (Phi) is 3.64. The molecule has 0 N–H and O–H groups in total. The van der Waals surface area contributed by atoms with Crippen LogP contribution in [-0.4, -0.2) is 23.9 Å². The van der Waals surface area contributed by atoms with Crippen molar-refractivity contribution in [3.05, 3.63) is 77.9 Å². The normalized spacial score (nSPS) is 14.8. The summed E-state index contributed by atoms with van der Waals surface area (Å²) in [5, 5.41) is 0. The topological polar surface area (TPSA) is 20.3 Å². The van der Waals surface area contributed by atoms with E-state index < -0.39 is 0 Å². The van der Waals surface area contributed by atoms with Crippen molar-refractivity contribution >= 4 is 11.5 Å². The molecule has 0 unspecified atom stereocenters. The number of nitrogens with zero attached hydrogens (tertiary/aromatic N) is 1. The third-order valence-corrected chi connectivity index (χ3v) is 3.66. The van der Waals surface area contributed by atoms with Crippen molar-refractivity contribution in [3.63, 3.8) is 0 Å². The molecule has 0 saturated heterocycles. The van der Waals surface area contributed by atoms with Crippen LogP contribution >= 0.6 is 0 Å². The first kappa shape index (κ1) is 12.7. The lowest BCUT2D eigenvalue weighted by atomic mass is 9.99. The van der Waals surface area contributed by atoms with E-state index in [9.17, 15) is 4.79 Å². The van der Waals surface area contributed by atoms with Gasteiger partial charge in [-0.2, -0.15) is 0 Å². The van der Waals surface area contributed by atoms with Gasteiger partial charge in [0.15, 0.2) is 0 Å². The number of benzene rings is 2. The van der Waals surface area contributed by atoms with E-state index in [4.69, 9.17) is 0 Å². The van der Waals surface area contributed by atoms with Gasteiger partial charge >= 0.3 is 0 Å². The summed E-state index contributed by atoms with van der Waals surface area (Å²) >= 11 is 0. The van der Waals surface area contributed by atoms with E-state index in [1.807, 2.05) is 41.3 Å². The van der Waals surface area contributed by atoms with Crippen LogP contribution in [0.5, 0.6) is 0 Å². The van der Waals surface area contributed by atoms with Crippen LogP contribution in [0.3, 0.4) is 0 Å². The molecule has 0 fully saturated rings. The molecule has 0 bridgehead atoms. The quantitative estimate of drug-likeness (QED) is 0.810. The molecule has 0 saturated carbocycles. The van der Waals surface area contributed by atoms with Crippen LogP contribution < -0.4 is 0 Å². The predicted octanol–water partition coefficient (Wildman–Crippen LogP) is 3.62. The van der Waals surface area contributed by atoms with Crippen LogP contribution in [0.15, 0.2) is 66.7 Å². The van der Waals surface area contributed by atoms with Gasteiger partial charge in [-0.05, 0) is 29.7 Å². The first-order valence-corrected chi connectivity index (χ1v) is 6.93. The van der Waals surface area contributed by atoms with Crippen LogP contribution in [-0.2, 0) is 0 Å². The van der Waals surface area contributed by atoms with Gasteiger partial charge in [0, 0.05) is 18.7 Å². The number of carbonyl (C=O) groups excluding carboxylic acids is 1. The van der Waals surface area contributed by atoms with Crippen LogP contribution in [0.1, 0.15) is 22.3 Å². The van der Waals surface area contributed by atoms with E-state index in [1.165, 1.54) is 11.1 Å². The minimum absolute atomic E-state index is 0.119. The first-order chi connectivity index (χ1) is 9.84. The van der Waals surface area contributed by atoms with Crippen molar-refractivity contribution in [3.8, 4) is 0 Å². The average molecular weight is 263 g/mol. The number of carbonyl (C=O) groups is 1. The number of rotatable bonds is 2. The standard InChI is InChI=1S/C18H17NO/c20-18(17-9-5-2-6-10-17)19-13-11-16(12-14-19)15-7-3-1-4-8-15/h1-11H,12-14H2. The summed E-state index contributed by atoms with van der Waals surface area (Å²) in [5.74, 6) is 0.119. The third kappa shape index (κ3) is 2.64. The maximum Gasteiger partial charge on any atom is 0.254 e. The number of hydrogen-bond acceptors (Lipinski definition) is 1. The summed E-state index contributed by atoms with van der Waals surface area (Å²) in [5.41, 5.74) is 3.37. The Balaban J connectivity index is 1.72. The molecule has 0 spiro atoms. The van der Waals surface area contributed by atoms with E-state index in [0.29, 0.717) is 6.54 Å². The van der Waals surface area contributed by atoms with Crippen LogP contribution in [0.4, 0.5) is 0 Å². The van der Waals surface area contributed by atoms with Gasteiger partial charge in [-0.25, -0.2) is 0 Å². The van der Waals surface area contributed by atoms with Crippen LogP contribution in [0.2, 0.25) is 0 Å². The lowest BCUT2D eigenvalue weighted by molar-refractivity contribution is 0.0773. The molecule has 0 atom stereocenters. The summed E-state index contributed by atoms with van der Waals surface area (Å²) < 4.78 is 0. The highest BCUT2D eigenvalue weighted by Gasteiger charge is 2.18. The Morgan fingerprint density at radius 1 is 0.900 bits per heavy atom. The van der Waals surface area contributed by atoms with E-state index in [0.717, 1.165) is 18.5 Å². The fourth-order valence-electron chi connectivity index (χ4n) is 2.53. The second-order valence-electron chi connectivity index (χ2n) is 4.96. The van der Waals surface area contributed by atoms with Crippen LogP contribution in [0.25, 0.3) is 5.57 Å². The molecule has 0 aromatic heterocycles. The van der Waals surface area contributed by atoms with Gasteiger partial charge in [0.2, 0.25) is 0 Å². The molecule has 2 aromatic carbocycles. The zero-order chi connectivity index (χ0) is 13.8. The summed E-state index contributed by atoms with van der Waals surface area (Å²) in [6.07, 6.45) is 3.09. The van der Waals surface area contributed by atoms with Crippen molar-refractivity contribution in [1.29, 1.82) is 0 Å². The second-order valence-corrected chi connectivity index (χ2v) is 4.96. The maximum absolute atomic E-state index is 12.3. The van der Waals surface area contributed by atoms with E-state index in [1.54, 1.807) is 0 Å². The van der Waals surface area contributed by atoms with E-state index >= 15 is 0 Å². The molecule has 2 nitrogen and oxygen atoms in total. The molecule has 1 heterocycles. The Morgan fingerprint density at radius 2 is 1.55 bits per heavy atom. The minimum atomic E-state index is 0.119. The minimum Gasteiger partial charge on any atom is -0.335 e. The first-order valence-electron chi connectivity index (χ1n) is 6.93. The smallest absolute Gasteiger partial charge is 0.254 e. The number of amides is 1. The summed E-state index contributed by atoms with van der Waals surface area (Å²) in [6, 6.07) is 19.9. The summed E-state index contributed by atoms with van der Waals surface area (Å²) in [7, 11) is 0. The average Bonchev–Trinajstić information content (AvgIpc) is 2.56. The molecule has 2 aromatic rings. The zero-order valence-electron chi connectivity index (χ0n) is 11.3. The highest BCUT2D eigenvalue weighted by Crippen LogP contribution is 2.22. The molecular formula is C18H17NO. The second kappa shape index (κ2) is 5.74. The van der Waals surface area contributed by atoms with Crippen molar-refractivity contribution in [2.45, 2.75) is 6.42 Å². The molecule has 1 aliphatic rings. The Bertz CT molecular complexity index is 616. The highest BCUT2D eigenvalue weighted by atomic mass is 16.2. The predicted molar refractivity (Wildman–Crippen MR) is 81.4 cm³/mol. The van der Waals surface area contributed by atoms with Gasteiger partial charge in [0.05, 0.1) is 0 Å². The molecule has 20 heavy (non-hydrogen) atoms. The van der Waals surface area contributed by atoms with Crippen molar-refractivity contribution < 1.29 is 4.79 Å². The Hall–Kier alpha value is -2.35. The van der Waals surface area contributed by atoms with E-state index in [-0.39, 0.29) is 5.91 Å². The number of hydrogen-bond donors (Lipinski definition) is 0. The molecule has 0 radical (unpaired) electrons. The molecule has 100 valence electrons. The van der Waals surface area contributed by atoms with Crippen molar-refractivity contribution in [2.24, 2.45) is 0 Å². The van der Waals surface area contributed by atoms with Gasteiger partial charge in [-0.1, -0.05) is 54.6 Å². The largest absolute Gasteiger partial charge is 0.335 e. The van der Waals surface area contributed by atoms with Crippen molar-refractivity contribution in [1.82, 2.24) is 4.90 Å². The Labute approximate surface area is 119 Å².